The van der Waals surface area contributed by atoms with Crippen molar-refractivity contribution in [1.82, 2.24) is 4.98 Å². The number of aromatic nitrogens is 1. The van der Waals surface area contributed by atoms with Crippen LogP contribution in [-0.4, -0.2) is 17.4 Å². The van der Waals surface area contributed by atoms with Gasteiger partial charge >= 0.3 is 0 Å². The van der Waals surface area contributed by atoms with Crippen LogP contribution in [0.5, 0.6) is 0 Å². The monoisotopic (exact) mass is 325 g/mol. The molecule has 7 nitrogen and oxygen atoms in total. The van der Waals surface area contributed by atoms with Gasteiger partial charge in [-0.25, -0.2) is 0 Å². The Morgan fingerprint density at radius 2 is 2.00 bits per heavy atom. The van der Waals surface area contributed by atoms with Crippen LogP contribution in [0.1, 0.15) is 24.1 Å². The molecule has 0 atom stereocenters. The van der Waals surface area contributed by atoms with Crippen LogP contribution in [0.3, 0.4) is 0 Å². The third-order valence-corrected chi connectivity index (χ3v) is 3.41. The van der Waals surface area contributed by atoms with Crippen LogP contribution in [0.25, 0.3) is 10.4 Å². The molecule has 0 radical (unpaired) electrons. The first kappa shape index (κ1) is 17.3. The Labute approximate surface area is 139 Å². The highest BCUT2D eigenvalue weighted by Gasteiger charge is 2.06. The van der Waals surface area contributed by atoms with Crippen molar-refractivity contribution < 1.29 is 4.79 Å². The Morgan fingerprint density at radius 3 is 2.75 bits per heavy atom. The first-order valence-corrected chi connectivity index (χ1v) is 7.75. The lowest BCUT2D eigenvalue weighted by Gasteiger charge is -2.07. The van der Waals surface area contributed by atoms with Gasteiger partial charge in [0.25, 0.3) is 0 Å². The summed E-state index contributed by atoms with van der Waals surface area (Å²) >= 11 is 0. The smallest absolute Gasteiger partial charge is 0.250 e. The van der Waals surface area contributed by atoms with Crippen molar-refractivity contribution in [3.63, 3.8) is 0 Å². The minimum absolute atomic E-state index is 0.166. The van der Waals surface area contributed by atoms with Gasteiger partial charge in [0.05, 0.1) is 6.42 Å². The van der Waals surface area contributed by atoms with Crippen molar-refractivity contribution >= 4 is 11.6 Å². The van der Waals surface area contributed by atoms with Gasteiger partial charge in [-0.05, 0) is 36.4 Å². The van der Waals surface area contributed by atoms with Gasteiger partial charge in [0.15, 0.2) is 0 Å². The van der Waals surface area contributed by atoms with E-state index in [0.29, 0.717) is 18.7 Å². The Kier molecular flexibility index (Phi) is 6.61. The molecule has 1 aromatic heterocycles. The Morgan fingerprint density at radius 1 is 1.21 bits per heavy atom. The predicted molar refractivity (Wildman–Crippen MR) is 92.8 cm³/mol. The molecule has 24 heavy (non-hydrogen) atoms. The predicted octanol–water partition coefficient (Wildman–Crippen LogP) is 3.19. The number of amides is 1. The molecule has 1 amide bonds. The molecule has 0 bridgehead atoms. The molecule has 2 aromatic rings. The van der Waals surface area contributed by atoms with Gasteiger partial charge in [0.2, 0.25) is 11.5 Å². The van der Waals surface area contributed by atoms with Crippen molar-refractivity contribution in [2.24, 2.45) is 5.11 Å². The molecule has 0 aliphatic heterocycles. The highest BCUT2D eigenvalue weighted by Crippen LogP contribution is 2.09. The van der Waals surface area contributed by atoms with Gasteiger partial charge in [-0.3, -0.25) is 9.59 Å². The minimum atomic E-state index is -0.252. The van der Waals surface area contributed by atoms with Crippen molar-refractivity contribution in [2.75, 3.05) is 11.9 Å². The molecule has 2 N–H and O–H groups in total. The summed E-state index contributed by atoms with van der Waals surface area (Å²) in [5.74, 6) is -0.166. The first-order chi connectivity index (χ1) is 11.7. The van der Waals surface area contributed by atoms with E-state index in [2.05, 4.69) is 20.3 Å². The topological polar surface area (TPSA) is 111 Å². The molecule has 1 heterocycles. The maximum atomic E-state index is 12.1. The lowest BCUT2D eigenvalue weighted by atomic mass is 10.1. The van der Waals surface area contributed by atoms with E-state index in [4.69, 9.17) is 5.53 Å². The fourth-order valence-electron chi connectivity index (χ4n) is 2.34. The number of unbranched alkanes of at least 4 members (excludes halogenated alkanes) is 1. The highest BCUT2D eigenvalue weighted by atomic mass is 16.1. The van der Waals surface area contributed by atoms with Gasteiger partial charge in [-0.1, -0.05) is 35.4 Å². The minimum Gasteiger partial charge on any atom is -0.326 e. The average molecular weight is 325 g/mol. The fraction of sp³-hybridized carbons (Fsp3) is 0.294. The van der Waals surface area contributed by atoms with E-state index in [1.54, 1.807) is 6.07 Å². The summed E-state index contributed by atoms with van der Waals surface area (Å²) in [6.45, 7) is 0.439. The molecular weight excluding hydrogens is 306 g/mol. The zero-order chi connectivity index (χ0) is 17.2. The second-order valence-corrected chi connectivity index (χ2v) is 5.38. The first-order valence-electron chi connectivity index (χ1n) is 7.75. The molecule has 0 unspecified atom stereocenters. The SMILES string of the molecule is [N-]=[N+]=NCCCCc1cc(NC(=O)Cc2ccccc2)cc(=O)[nH]1. The number of carbonyl (C=O) groups is 1. The molecule has 0 aliphatic rings. The number of anilines is 1. The fourth-order valence-corrected chi connectivity index (χ4v) is 2.34. The summed E-state index contributed by atoms with van der Waals surface area (Å²) in [7, 11) is 0. The van der Waals surface area contributed by atoms with Crippen molar-refractivity contribution in [2.45, 2.75) is 25.7 Å². The normalized spacial score (nSPS) is 10.0. The number of azide groups is 1. The molecule has 7 heteroatoms. The van der Waals surface area contributed by atoms with E-state index in [1.807, 2.05) is 30.3 Å². The molecule has 2 rings (SSSR count). The number of benzene rings is 1. The largest absolute Gasteiger partial charge is 0.326 e. The number of hydrogen-bond acceptors (Lipinski definition) is 3. The maximum Gasteiger partial charge on any atom is 0.250 e. The van der Waals surface area contributed by atoms with Crippen molar-refractivity contribution in [3.05, 3.63) is 74.5 Å². The van der Waals surface area contributed by atoms with Crippen LogP contribution in [-0.2, 0) is 17.6 Å². The number of hydrogen-bond donors (Lipinski definition) is 2. The number of aryl methyl sites for hydroxylation is 1. The maximum absolute atomic E-state index is 12.1. The van der Waals surface area contributed by atoms with Gasteiger partial charge in [0.1, 0.15) is 0 Å². The van der Waals surface area contributed by atoms with Crippen LogP contribution in [0.2, 0.25) is 0 Å². The Balaban J connectivity index is 1.93. The molecule has 0 saturated heterocycles. The quantitative estimate of drug-likeness (QED) is 0.336. The number of rotatable bonds is 8. The molecule has 0 fully saturated rings. The number of nitrogens with one attached hydrogen (secondary N) is 2. The summed E-state index contributed by atoms with van der Waals surface area (Å²) in [5, 5.41) is 6.23. The number of nitrogens with zero attached hydrogens (tertiary/aromatic N) is 3. The highest BCUT2D eigenvalue weighted by molar-refractivity contribution is 5.92. The van der Waals surface area contributed by atoms with Crippen LogP contribution in [0.15, 0.2) is 52.4 Å². The van der Waals surface area contributed by atoms with E-state index in [9.17, 15) is 9.59 Å². The number of carbonyl (C=O) groups excluding carboxylic acids is 1. The molecule has 0 aliphatic carbocycles. The average Bonchev–Trinajstić information content (AvgIpc) is 2.55. The summed E-state index contributed by atoms with van der Waals surface area (Å²) in [6.07, 6.45) is 2.45. The number of H-pyrrole nitrogens is 1. The van der Waals surface area contributed by atoms with E-state index >= 15 is 0 Å². The van der Waals surface area contributed by atoms with Crippen molar-refractivity contribution in [1.29, 1.82) is 0 Å². The zero-order valence-electron chi connectivity index (χ0n) is 13.2. The molecule has 0 saturated carbocycles. The summed E-state index contributed by atoms with van der Waals surface area (Å²) in [4.78, 5) is 29.2. The lowest BCUT2D eigenvalue weighted by Crippen LogP contribution is -2.17. The van der Waals surface area contributed by atoms with Gasteiger partial charge in [0, 0.05) is 28.9 Å². The van der Waals surface area contributed by atoms with Gasteiger partial charge < -0.3 is 10.3 Å². The van der Waals surface area contributed by atoms with Crippen LogP contribution in [0.4, 0.5) is 5.69 Å². The third-order valence-electron chi connectivity index (χ3n) is 3.41. The van der Waals surface area contributed by atoms with Crippen LogP contribution < -0.4 is 10.9 Å². The standard InChI is InChI=1S/C17H19N5O2/c18-22-19-9-5-4-8-14-11-15(12-17(24)20-14)21-16(23)10-13-6-2-1-3-7-13/h1-3,6-7,11-12H,4-5,8-10H2,(H2,20,21,23,24). The summed E-state index contributed by atoms with van der Waals surface area (Å²) < 4.78 is 0. The summed E-state index contributed by atoms with van der Waals surface area (Å²) in [5.41, 5.74) is 10.1. The van der Waals surface area contributed by atoms with E-state index in [1.165, 1.54) is 6.07 Å². The lowest BCUT2D eigenvalue weighted by molar-refractivity contribution is -0.115. The number of pyridine rings is 1. The molecule has 1 aromatic carbocycles. The Bertz CT molecular complexity index is 779. The van der Waals surface area contributed by atoms with E-state index < -0.39 is 0 Å². The summed E-state index contributed by atoms with van der Waals surface area (Å²) in [6, 6.07) is 12.5. The van der Waals surface area contributed by atoms with Crippen LogP contribution in [0, 0.1) is 0 Å². The second-order valence-electron chi connectivity index (χ2n) is 5.38. The van der Waals surface area contributed by atoms with Crippen molar-refractivity contribution in [3.8, 4) is 0 Å². The van der Waals surface area contributed by atoms with Gasteiger partial charge in [-0.2, -0.15) is 0 Å². The molecule has 0 spiro atoms. The van der Waals surface area contributed by atoms with E-state index in [-0.39, 0.29) is 17.9 Å². The number of aromatic amines is 1. The second kappa shape index (κ2) is 9.17. The third kappa shape index (κ3) is 5.98. The van der Waals surface area contributed by atoms with Gasteiger partial charge in [-0.15, -0.1) is 0 Å². The Hall–Kier alpha value is -3.05. The molecular formula is C17H19N5O2. The molecule has 124 valence electrons. The van der Waals surface area contributed by atoms with E-state index in [0.717, 1.165) is 24.1 Å². The van der Waals surface area contributed by atoms with Crippen LogP contribution >= 0.6 is 0 Å². The zero-order valence-corrected chi connectivity index (χ0v) is 13.2.